The van der Waals surface area contributed by atoms with Gasteiger partial charge in [0.25, 0.3) is 11.6 Å². The maximum Gasteiger partial charge on any atom is 0.269 e. The number of hydrogen-bond acceptors (Lipinski definition) is 11. The number of hydrogen-bond donors (Lipinski definition) is 9. The van der Waals surface area contributed by atoms with Gasteiger partial charge in [-0.3, -0.25) is 38.9 Å². The highest BCUT2D eigenvalue weighted by Gasteiger charge is 2.27. The van der Waals surface area contributed by atoms with Crippen molar-refractivity contribution in [3.8, 4) is 11.1 Å². The lowest BCUT2D eigenvalue weighted by Gasteiger charge is -2.22. The van der Waals surface area contributed by atoms with Crippen molar-refractivity contribution in [3.63, 3.8) is 0 Å². The van der Waals surface area contributed by atoms with Crippen molar-refractivity contribution in [3.05, 3.63) is 135 Å². The van der Waals surface area contributed by atoms with Crippen LogP contribution in [0.2, 0.25) is 0 Å². The predicted molar refractivity (Wildman–Crippen MR) is 229 cm³/mol. The zero-order valence-corrected chi connectivity index (χ0v) is 33.6. The summed E-state index contributed by atoms with van der Waals surface area (Å²) in [5.41, 5.74) is 16.2. The lowest BCUT2D eigenvalue weighted by molar-refractivity contribution is -0.384. The van der Waals surface area contributed by atoms with Crippen molar-refractivity contribution in [1.82, 2.24) is 26.6 Å². The maximum atomic E-state index is 13.1. The molecule has 0 aliphatic rings. The van der Waals surface area contributed by atoms with Crippen molar-refractivity contribution >= 4 is 66.4 Å². The van der Waals surface area contributed by atoms with E-state index in [0.717, 1.165) is 16.7 Å². The van der Waals surface area contributed by atoms with E-state index < -0.39 is 65.2 Å². The van der Waals surface area contributed by atoms with Gasteiger partial charge in [0.2, 0.25) is 29.5 Å². The van der Waals surface area contributed by atoms with E-state index in [1.165, 1.54) is 24.3 Å². The van der Waals surface area contributed by atoms with Gasteiger partial charge in [-0.25, -0.2) is 0 Å². The molecular formula is C41H46N8O8S2. The molecule has 0 aliphatic carbocycles. The van der Waals surface area contributed by atoms with Crippen LogP contribution in [-0.4, -0.2) is 89.1 Å². The van der Waals surface area contributed by atoms with E-state index in [9.17, 15) is 38.9 Å². The number of amides is 6. The summed E-state index contributed by atoms with van der Waals surface area (Å²) in [4.78, 5) is 86.8. The van der Waals surface area contributed by atoms with Gasteiger partial charge in [-0.2, -0.15) is 25.3 Å². The third-order valence-corrected chi connectivity index (χ3v) is 9.82. The number of carbonyl (C=O) groups excluding carboxylic acids is 6. The Balaban J connectivity index is 1.23. The number of nitrogens with two attached hydrogens (primary N) is 2. The number of nitro groups is 1. The SMILES string of the molecule is NC(=O)[C@@H](CS)NC(=O)[C@H](Cc1ccc([N+](=O)[O-])cc1)NC(=O)CNC(=O)[C@@H](CS)NC(=O)[C@@H](N)Cc1ccc(C(=O)NCCc2ccc(-c3ccccc3)cc2)cc1. The molecule has 0 saturated heterocycles. The Kier molecular flexibility index (Phi) is 17.4. The van der Waals surface area contributed by atoms with Gasteiger partial charge in [-0.05, 0) is 52.8 Å². The van der Waals surface area contributed by atoms with Gasteiger partial charge >= 0.3 is 0 Å². The van der Waals surface area contributed by atoms with Gasteiger partial charge in [0.15, 0.2) is 0 Å². The quantitative estimate of drug-likeness (QED) is 0.0332. The zero-order chi connectivity index (χ0) is 42.9. The van der Waals surface area contributed by atoms with Crippen LogP contribution in [0.5, 0.6) is 0 Å². The molecule has 6 amide bonds. The second-order valence-electron chi connectivity index (χ2n) is 13.4. The van der Waals surface area contributed by atoms with Crippen LogP contribution in [0.4, 0.5) is 5.69 Å². The van der Waals surface area contributed by atoms with Gasteiger partial charge in [0.05, 0.1) is 17.5 Å². The van der Waals surface area contributed by atoms with Crippen molar-refractivity contribution in [1.29, 1.82) is 0 Å². The smallest absolute Gasteiger partial charge is 0.269 e. The first-order valence-electron chi connectivity index (χ1n) is 18.5. The Morgan fingerprint density at radius 3 is 1.78 bits per heavy atom. The maximum absolute atomic E-state index is 13.1. The molecule has 0 radical (unpaired) electrons. The fourth-order valence-electron chi connectivity index (χ4n) is 5.74. The second kappa shape index (κ2) is 22.6. The van der Waals surface area contributed by atoms with Crippen LogP contribution in [0.1, 0.15) is 27.0 Å². The standard InChI is InChI=1S/C41H46N8O8S2/c42-32(20-26-8-14-30(15-9-26)38(52)44-19-18-25-6-12-29(13-7-25)28-4-2-1-3-5-28)39(53)48-35(24-59)40(54)45-22-36(50)46-33(41(55)47-34(23-58)37(43)51)21-27-10-16-31(17-11-27)49(56)57/h1-17,32-35,58-59H,18-24,42H2,(H2,43,51)(H,44,52)(H,45,54)(H,46,50)(H,47,55)(H,48,53)/t32-,33-,34+,35+/m0/s1. The molecule has 4 rings (SSSR count). The molecule has 0 aliphatic heterocycles. The summed E-state index contributed by atoms with van der Waals surface area (Å²) in [5.74, 6) is -4.35. The molecule has 4 aromatic carbocycles. The number of nitrogens with zero attached hydrogens (tertiary/aromatic N) is 1. The molecule has 18 heteroatoms. The predicted octanol–water partition coefficient (Wildman–Crippen LogP) is 1.26. The van der Waals surface area contributed by atoms with Crippen molar-refractivity contribution < 1.29 is 33.7 Å². The Hall–Kier alpha value is -6.24. The number of rotatable bonds is 21. The van der Waals surface area contributed by atoms with Gasteiger partial charge in [0, 0.05) is 42.2 Å². The van der Waals surface area contributed by atoms with Crippen LogP contribution in [0.3, 0.4) is 0 Å². The van der Waals surface area contributed by atoms with Crippen molar-refractivity contribution in [2.45, 2.75) is 43.4 Å². The lowest BCUT2D eigenvalue weighted by atomic mass is 10.0. The fraction of sp³-hybridized carbons (Fsp3) is 0.268. The van der Waals surface area contributed by atoms with Gasteiger partial charge < -0.3 is 38.1 Å². The van der Waals surface area contributed by atoms with Crippen LogP contribution in [0, 0.1) is 10.1 Å². The molecule has 59 heavy (non-hydrogen) atoms. The number of nitrogens with one attached hydrogen (secondary N) is 5. The van der Waals surface area contributed by atoms with E-state index in [-0.39, 0.29) is 35.9 Å². The average molecular weight is 843 g/mol. The van der Waals surface area contributed by atoms with Crippen LogP contribution in [0.25, 0.3) is 11.1 Å². The fourth-order valence-corrected chi connectivity index (χ4v) is 6.27. The Morgan fingerprint density at radius 1 is 0.627 bits per heavy atom. The third-order valence-electron chi connectivity index (χ3n) is 9.09. The molecule has 0 unspecified atom stereocenters. The highest BCUT2D eigenvalue weighted by atomic mass is 32.1. The molecule has 0 fully saturated rings. The first-order valence-corrected chi connectivity index (χ1v) is 19.7. The Bertz CT molecular complexity index is 2090. The number of carbonyl (C=O) groups is 6. The first-order chi connectivity index (χ1) is 28.3. The molecule has 4 atom stereocenters. The van der Waals surface area contributed by atoms with Crippen LogP contribution < -0.4 is 38.1 Å². The number of primary amides is 1. The minimum atomic E-state index is -1.28. The molecule has 4 aromatic rings. The summed E-state index contributed by atoms with van der Waals surface area (Å²) in [5, 5.41) is 23.7. The van der Waals surface area contributed by atoms with E-state index >= 15 is 0 Å². The number of non-ortho nitro benzene ring substituents is 1. The zero-order valence-electron chi connectivity index (χ0n) is 31.8. The van der Waals surface area contributed by atoms with Crippen molar-refractivity contribution in [2.24, 2.45) is 11.5 Å². The minimum Gasteiger partial charge on any atom is -0.368 e. The molecular weight excluding hydrogens is 797 g/mol. The largest absolute Gasteiger partial charge is 0.368 e. The van der Waals surface area contributed by atoms with E-state index in [1.54, 1.807) is 24.3 Å². The molecule has 0 heterocycles. The molecule has 16 nitrogen and oxygen atoms in total. The number of thiol groups is 2. The number of nitro benzene ring substituents is 1. The highest BCUT2D eigenvalue weighted by Crippen LogP contribution is 2.19. The van der Waals surface area contributed by atoms with Crippen molar-refractivity contribution in [2.75, 3.05) is 24.6 Å². The molecule has 0 bridgehead atoms. The van der Waals surface area contributed by atoms with Crippen LogP contribution in [0.15, 0.2) is 103 Å². The normalized spacial score (nSPS) is 12.8. The highest BCUT2D eigenvalue weighted by molar-refractivity contribution is 7.80. The van der Waals surface area contributed by atoms with Gasteiger partial charge in [-0.15, -0.1) is 0 Å². The lowest BCUT2D eigenvalue weighted by Crippen LogP contribution is -2.56. The Labute approximate surface area is 351 Å². The summed E-state index contributed by atoms with van der Waals surface area (Å²) in [6.45, 7) is -0.166. The van der Waals surface area contributed by atoms with E-state index in [0.29, 0.717) is 29.7 Å². The molecule has 9 N–H and O–H groups in total. The summed E-state index contributed by atoms with van der Waals surface area (Å²) < 4.78 is 0. The monoisotopic (exact) mass is 842 g/mol. The van der Waals surface area contributed by atoms with E-state index in [2.05, 4.69) is 64.0 Å². The van der Waals surface area contributed by atoms with Crippen LogP contribution >= 0.6 is 25.3 Å². The minimum absolute atomic E-state index is 0.0953. The number of benzene rings is 4. The molecule has 0 saturated carbocycles. The Morgan fingerprint density at radius 2 is 1.19 bits per heavy atom. The molecule has 310 valence electrons. The van der Waals surface area contributed by atoms with E-state index in [4.69, 9.17) is 11.5 Å². The third kappa shape index (κ3) is 14.3. The van der Waals surface area contributed by atoms with Gasteiger partial charge in [-0.1, -0.05) is 78.9 Å². The first kappa shape index (κ1) is 45.5. The average Bonchev–Trinajstić information content (AvgIpc) is 3.24. The topological polar surface area (TPSA) is 258 Å². The summed E-state index contributed by atoms with van der Waals surface area (Å²) in [7, 11) is 0. The molecule has 0 spiro atoms. The van der Waals surface area contributed by atoms with Crippen LogP contribution in [-0.2, 0) is 43.2 Å². The summed E-state index contributed by atoms with van der Waals surface area (Å²) >= 11 is 8.16. The molecule has 0 aromatic heterocycles. The second-order valence-corrected chi connectivity index (χ2v) is 14.2. The van der Waals surface area contributed by atoms with E-state index in [1.807, 2.05) is 42.5 Å². The summed E-state index contributed by atoms with van der Waals surface area (Å²) in [6, 6.07) is 25.5. The summed E-state index contributed by atoms with van der Waals surface area (Å²) in [6.07, 6.45) is 0.623. The van der Waals surface area contributed by atoms with Gasteiger partial charge in [0.1, 0.15) is 18.1 Å².